The molecule has 1 unspecified atom stereocenters. The van der Waals surface area contributed by atoms with E-state index in [4.69, 9.17) is 10.5 Å². The quantitative estimate of drug-likeness (QED) is 0.567. The molecular formula is C15H28N4O3S. The Morgan fingerprint density at radius 2 is 1.91 bits per heavy atom. The monoisotopic (exact) mass is 344 g/mol. The standard InChI is InChI=1S/C15H28N4O3S/c1-14(2,3)22-13(20)19-7-5-18(6-8-19)12(16)17-10-15(21)4-9-23-11-15/h21H,4-11H2,1-3H3,(H2,16,17). The van der Waals surface area contributed by atoms with Gasteiger partial charge in [-0.15, -0.1) is 0 Å². The lowest BCUT2D eigenvalue weighted by Gasteiger charge is -2.36. The van der Waals surface area contributed by atoms with Crippen molar-refractivity contribution in [2.24, 2.45) is 10.7 Å². The Morgan fingerprint density at radius 3 is 2.43 bits per heavy atom. The van der Waals surface area contributed by atoms with Crippen LogP contribution < -0.4 is 5.73 Å². The van der Waals surface area contributed by atoms with Gasteiger partial charge < -0.3 is 25.4 Å². The van der Waals surface area contributed by atoms with Gasteiger partial charge in [0.2, 0.25) is 0 Å². The molecule has 0 aromatic carbocycles. The Bertz CT molecular complexity index is 450. The number of carbonyl (C=O) groups excluding carboxylic acids is 1. The Kier molecular flexibility index (Phi) is 5.67. The van der Waals surface area contributed by atoms with E-state index in [1.165, 1.54) is 0 Å². The highest BCUT2D eigenvalue weighted by atomic mass is 32.2. The van der Waals surface area contributed by atoms with Crippen LogP contribution in [-0.2, 0) is 4.74 Å². The molecule has 0 saturated carbocycles. The minimum Gasteiger partial charge on any atom is -0.444 e. The number of nitrogens with zero attached hydrogens (tertiary/aromatic N) is 3. The summed E-state index contributed by atoms with van der Waals surface area (Å²) in [6.45, 7) is 8.30. The van der Waals surface area contributed by atoms with Crippen molar-refractivity contribution >= 4 is 23.8 Å². The number of hydrogen-bond acceptors (Lipinski definition) is 5. The first-order valence-corrected chi connectivity index (χ1v) is 9.17. The molecule has 1 atom stereocenters. The lowest BCUT2D eigenvalue weighted by molar-refractivity contribution is 0.0186. The van der Waals surface area contributed by atoms with Gasteiger partial charge in [-0.1, -0.05) is 0 Å². The van der Waals surface area contributed by atoms with Gasteiger partial charge in [0, 0.05) is 31.9 Å². The van der Waals surface area contributed by atoms with Gasteiger partial charge in [-0.05, 0) is 32.9 Å². The molecule has 3 N–H and O–H groups in total. The predicted octanol–water partition coefficient (Wildman–Crippen LogP) is 0.722. The summed E-state index contributed by atoms with van der Waals surface area (Å²) in [6.07, 6.45) is 0.478. The smallest absolute Gasteiger partial charge is 0.410 e. The van der Waals surface area contributed by atoms with E-state index in [2.05, 4.69) is 4.99 Å². The van der Waals surface area contributed by atoms with Crippen LogP contribution in [0.1, 0.15) is 27.2 Å². The van der Waals surface area contributed by atoms with Crippen molar-refractivity contribution in [3.63, 3.8) is 0 Å². The minimum atomic E-state index is -0.715. The van der Waals surface area contributed by atoms with E-state index in [9.17, 15) is 9.90 Å². The first kappa shape index (κ1) is 18.2. The predicted molar refractivity (Wildman–Crippen MR) is 92.8 cm³/mol. The normalized spacial score (nSPS) is 26.5. The van der Waals surface area contributed by atoms with Crippen LogP contribution >= 0.6 is 11.8 Å². The molecular weight excluding hydrogens is 316 g/mol. The third-order valence-electron chi connectivity index (χ3n) is 3.87. The first-order valence-electron chi connectivity index (χ1n) is 8.01. The number of hydrogen-bond donors (Lipinski definition) is 2. The van der Waals surface area contributed by atoms with Crippen molar-refractivity contribution in [1.29, 1.82) is 0 Å². The summed E-state index contributed by atoms with van der Waals surface area (Å²) >= 11 is 1.74. The maximum atomic E-state index is 12.0. The van der Waals surface area contributed by atoms with E-state index in [0.717, 1.165) is 17.9 Å². The molecule has 0 aliphatic carbocycles. The van der Waals surface area contributed by atoms with Gasteiger partial charge in [-0.25, -0.2) is 4.79 Å². The highest BCUT2D eigenvalue weighted by Crippen LogP contribution is 2.27. The van der Waals surface area contributed by atoms with E-state index < -0.39 is 11.2 Å². The second-order valence-corrected chi connectivity index (χ2v) is 8.26. The van der Waals surface area contributed by atoms with Crippen LogP contribution in [0.25, 0.3) is 0 Å². The molecule has 23 heavy (non-hydrogen) atoms. The molecule has 2 fully saturated rings. The largest absolute Gasteiger partial charge is 0.444 e. The molecule has 2 aliphatic rings. The summed E-state index contributed by atoms with van der Waals surface area (Å²) < 4.78 is 5.37. The second-order valence-electron chi connectivity index (χ2n) is 7.16. The van der Waals surface area contributed by atoms with E-state index in [-0.39, 0.29) is 6.09 Å². The molecule has 0 aromatic heterocycles. The third kappa shape index (κ3) is 5.46. The Hall–Kier alpha value is -1.15. The maximum Gasteiger partial charge on any atom is 0.410 e. The fourth-order valence-electron chi connectivity index (χ4n) is 2.49. The second kappa shape index (κ2) is 7.17. The summed E-state index contributed by atoms with van der Waals surface area (Å²) in [5, 5.41) is 10.3. The van der Waals surface area contributed by atoms with Crippen molar-refractivity contribution in [3.8, 4) is 0 Å². The van der Waals surface area contributed by atoms with Crippen LogP contribution in [-0.4, -0.2) is 82.4 Å². The average Bonchev–Trinajstić information content (AvgIpc) is 2.90. The van der Waals surface area contributed by atoms with Crippen molar-refractivity contribution in [2.45, 2.75) is 38.4 Å². The molecule has 0 aromatic rings. The topological polar surface area (TPSA) is 91.4 Å². The van der Waals surface area contributed by atoms with Gasteiger partial charge in [-0.2, -0.15) is 11.8 Å². The molecule has 2 rings (SSSR count). The summed E-state index contributed by atoms with van der Waals surface area (Å²) in [5.74, 6) is 2.13. The zero-order valence-corrected chi connectivity index (χ0v) is 15.1. The van der Waals surface area contributed by atoms with Crippen molar-refractivity contribution in [3.05, 3.63) is 0 Å². The van der Waals surface area contributed by atoms with Crippen LogP contribution in [0, 0.1) is 0 Å². The lowest BCUT2D eigenvalue weighted by atomic mass is 10.1. The van der Waals surface area contributed by atoms with Crippen LogP contribution in [0.3, 0.4) is 0 Å². The molecule has 2 saturated heterocycles. The number of ether oxygens (including phenoxy) is 1. The number of thioether (sulfide) groups is 1. The maximum absolute atomic E-state index is 12.0. The van der Waals surface area contributed by atoms with Gasteiger partial charge in [0.25, 0.3) is 0 Å². The average molecular weight is 344 g/mol. The highest BCUT2D eigenvalue weighted by molar-refractivity contribution is 7.99. The molecule has 2 heterocycles. The summed E-state index contributed by atoms with van der Waals surface area (Å²) in [4.78, 5) is 20.0. The number of nitrogens with two attached hydrogens (primary N) is 1. The number of guanidine groups is 1. The molecule has 2 aliphatic heterocycles. The van der Waals surface area contributed by atoms with Crippen LogP contribution in [0.4, 0.5) is 4.79 Å². The van der Waals surface area contributed by atoms with Gasteiger partial charge in [0.15, 0.2) is 5.96 Å². The van der Waals surface area contributed by atoms with Gasteiger partial charge in [-0.3, -0.25) is 4.99 Å². The molecule has 132 valence electrons. The lowest BCUT2D eigenvalue weighted by Crippen LogP contribution is -2.53. The zero-order chi connectivity index (χ0) is 17.1. The number of amides is 1. The van der Waals surface area contributed by atoms with E-state index >= 15 is 0 Å². The molecule has 7 nitrogen and oxygen atoms in total. The first-order chi connectivity index (χ1) is 10.7. The van der Waals surface area contributed by atoms with Crippen LogP contribution in [0.5, 0.6) is 0 Å². The summed E-state index contributed by atoms with van der Waals surface area (Å²) in [6, 6.07) is 0. The van der Waals surface area contributed by atoms with Crippen molar-refractivity contribution in [1.82, 2.24) is 9.80 Å². The Balaban J connectivity index is 1.80. The molecule has 0 spiro atoms. The van der Waals surface area contributed by atoms with Crippen LogP contribution in [0.15, 0.2) is 4.99 Å². The van der Waals surface area contributed by atoms with Gasteiger partial charge in [0.1, 0.15) is 5.60 Å². The van der Waals surface area contributed by atoms with Crippen molar-refractivity contribution < 1.29 is 14.6 Å². The fourth-order valence-corrected chi connectivity index (χ4v) is 3.78. The molecule has 1 amide bonds. The van der Waals surface area contributed by atoms with Gasteiger partial charge in [0.05, 0.1) is 12.1 Å². The molecule has 8 heteroatoms. The van der Waals surface area contributed by atoms with Gasteiger partial charge >= 0.3 is 6.09 Å². The number of rotatable bonds is 2. The van der Waals surface area contributed by atoms with E-state index in [1.54, 1.807) is 16.7 Å². The SMILES string of the molecule is CC(C)(C)OC(=O)N1CCN(C(N)=NCC2(O)CCSC2)CC1. The fraction of sp³-hybridized carbons (Fsp3) is 0.867. The minimum absolute atomic E-state index is 0.287. The summed E-state index contributed by atoms with van der Waals surface area (Å²) in [7, 11) is 0. The van der Waals surface area contributed by atoms with Crippen LogP contribution in [0.2, 0.25) is 0 Å². The van der Waals surface area contributed by atoms with Crippen molar-refractivity contribution in [2.75, 3.05) is 44.2 Å². The summed E-state index contributed by atoms with van der Waals surface area (Å²) in [5.41, 5.74) is 4.83. The number of carbonyl (C=O) groups is 1. The third-order valence-corrected chi connectivity index (χ3v) is 5.11. The van der Waals surface area contributed by atoms with E-state index in [1.807, 2.05) is 25.7 Å². The Labute approximate surface area is 142 Å². The zero-order valence-electron chi connectivity index (χ0n) is 14.2. The molecule has 0 radical (unpaired) electrons. The Morgan fingerprint density at radius 1 is 1.30 bits per heavy atom. The molecule has 0 bridgehead atoms. The highest BCUT2D eigenvalue weighted by Gasteiger charge is 2.32. The number of aliphatic imine (C=N–C) groups is 1. The van der Waals surface area contributed by atoms with E-state index in [0.29, 0.717) is 38.7 Å². The number of piperazine rings is 1. The number of aliphatic hydroxyl groups is 1.